The van der Waals surface area contributed by atoms with E-state index in [1.807, 2.05) is 52.8 Å². The quantitative estimate of drug-likeness (QED) is 0.776. The van der Waals surface area contributed by atoms with Gasteiger partial charge in [-0.2, -0.15) is 0 Å². The first-order valence-electron chi connectivity index (χ1n) is 8.16. The normalized spacial score (nSPS) is 12.1. The molecule has 5 heteroatoms. The molecule has 0 unspecified atom stereocenters. The smallest absolute Gasteiger partial charge is 0.224 e. The average Bonchev–Trinajstić information content (AvgIpc) is 2.52. The first-order valence-corrected chi connectivity index (χ1v) is 8.53. The molecule has 4 nitrogen and oxygen atoms in total. The van der Waals surface area contributed by atoms with Crippen LogP contribution in [0.5, 0.6) is 11.6 Å². The van der Waals surface area contributed by atoms with Crippen molar-refractivity contribution in [1.82, 2.24) is 4.98 Å². The van der Waals surface area contributed by atoms with Crippen LogP contribution in [-0.2, 0) is 0 Å². The molecule has 0 spiro atoms. The molecule has 130 valence electrons. The molecule has 0 aliphatic heterocycles. The lowest BCUT2D eigenvalue weighted by Gasteiger charge is -2.20. The SMILES string of the molecule is CC[C@H](CO)Nc1cc(C)nc(Oc2c(C)cc(Cl)cc2C)c1C. The zero-order valence-corrected chi connectivity index (χ0v) is 15.7. The van der Waals surface area contributed by atoms with Crippen molar-refractivity contribution in [3.63, 3.8) is 0 Å². The number of nitrogens with zero attached hydrogens (tertiary/aromatic N) is 1. The van der Waals surface area contributed by atoms with E-state index in [9.17, 15) is 5.11 Å². The minimum atomic E-state index is 0.0114. The van der Waals surface area contributed by atoms with E-state index in [1.54, 1.807) is 0 Å². The van der Waals surface area contributed by atoms with Crippen molar-refractivity contribution in [3.05, 3.63) is 45.6 Å². The molecule has 1 heterocycles. The number of nitrogens with one attached hydrogen (secondary N) is 1. The van der Waals surface area contributed by atoms with Crippen LogP contribution in [0.4, 0.5) is 5.69 Å². The van der Waals surface area contributed by atoms with Gasteiger partial charge >= 0.3 is 0 Å². The topological polar surface area (TPSA) is 54.4 Å². The van der Waals surface area contributed by atoms with Gasteiger partial charge in [-0.15, -0.1) is 0 Å². The second-order valence-electron chi connectivity index (χ2n) is 6.14. The van der Waals surface area contributed by atoms with Gasteiger partial charge in [-0.3, -0.25) is 0 Å². The lowest BCUT2D eigenvalue weighted by Crippen LogP contribution is -2.23. The number of aliphatic hydroxyl groups excluding tert-OH is 1. The summed E-state index contributed by atoms with van der Waals surface area (Å²) in [6.07, 6.45) is 0.836. The molecule has 0 fully saturated rings. The molecule has 1 aromatic carbocycles. The lowest BCUT2D eigenvalue weighted by molar-refractivity contribution is 0.271. The third-order valence-electron chi connectivity index (χ3n) is 4.05. The van der Waals surface area contributed by atoms with E-state index in [1.165, 1.54) is 0 Å². The Balaban J connectivity index is 2.39. The summed E-state index contributed by atoms with van der Waals surface area (Å²) in [6.45, 7) is 9.96. The second kappa shape index (κ2) is 7.86. The molecule has 0 saturated heterocycles. The molecular weight excluding hydrogens is 324 g/mol. The molecule has 2 aromatic rings. The molecule has 2 N–H and O–H groups in total. The summed E-state index contributed by atoms with van der Waals surface area (Å²) in [7, 11) is 0. The van der Waals surface area contributed by atoms with E-state index >= 15 is 0 Å². The fraction of sp³-hybridized carbons (Fsp3) is 0.421. The van der Waals surface area contributed by atoms with Crippen LogP contribution in [0.15, 0.2) is 18.2 Å². The predicted octanol–water partition coefficient (Wildman–Crippen LogP) is 4.94. The van der Waals surface area contributed by atoms with E-state index in [0.717, 1.165) is 40.2 Å². The number of anilines is 1. The van der Waals surface area contributed by atoms with Crippen molar-refractivity contribution in [1.29, 1.82) is 0 Å². The number of ether oxygens (including phenoxy) is 1. The van der Waals surface area contributed by atoms with E-state index in [-0.39, 0.29) is 12.6 Å². The third kappa shape index (κ3) is 4.19. The number of rotatable bonds is 6. The zero-order chi connectivity index (χ0) is 17.9. The maximum Gasteiger partial charge on any atom is 0.224 e. The molecule has 24 heavy (non-hydrogen) atoms. The van der Waals surface area contributed by atoms with Gasteiger partial charge in [-0.1, -0.05) is 18.5 Å². The van der Waals surface area contributed by atoms with Crippen molar-refractivity contribution in [2.45, 2.75) is 47.1 Å². The van der Waals surface area contributed by atoms with Crippen molar-refractivity contribution >= 4 is 17.3 Å². The Kier molecular flexibility index (Phi) is 6.08. The number of halogens is 1. The highest BCUT2D eigenvalue weighted by Gasteiger charge is 2.15. The van der Waals surface area contributed by atoms with Gasteiger partial charge in [0.2, 0.25) is 5.88 Å². The van der Waals surface area contributed by atoms with Crippen molar-refractivity contribution < 1.29 is 9.84 Å². The van der Waals surface area contributed by atoms with Crippen LogP contribution in [0.3, 0.4) is 0 Å². The Bertz CT molecular complexity index is 705. The van der Waals surface area contributed by atoms with Crippen LogP contribution in [0, 0.1) is 27.7 Å². The maximum atomic E-state index is 9.43. The number of aryl methyl sites for hydroxylation is 3. The highest BCUT2D eigenvalue weighted by Crippen LogP contribution is 2.34. The Morgan fingerprint density at radius 3 is 2.33 bits per heavy atom. The molecule has 2 rings (SSSR count). The molecule has 0 aliphatic carbocycles. The Morgan fingerprint density at radius 2 is 1.79 bits per heavy atom. The summed E-state index contributed by atoms with van der Waals surface area (Å²) in [5.41, 5.74) is 4.65. The van der Waals surface area contributed by atoms with E-state index in [0.29, 0.717) is 10.9 Å². The van der Waals surface area contributed by atoms with E-state index in [2.05, 4.69) is 10.3 Å². The van der Waals surface area contributed by atoms with Gasteiger partial charge in [0.05, 0.1) is 6.61 Å². The monoisotopic (exact) mass is 348 g/mol. The van der Waals surface area contributed by atoms with Crippen molar-refractivity contribution in [2.75, 3.05) is 11.9 Å². The summed E-state index contributed by atoms with van der Waals surface area (Å²) in [5.74, 6) is 1.35. The first-order chi connectivity index (χ1) is 11.3. The van der Waals surface area contributed by atoms with Crippen molar-refractivity contribution in [3.8, 4) is 11.6 Å². The van der Waals surface area contributed by atoms with Gasteiger partial charge in [0, 0.05) is 28.0 Å². The molecule has 0 saturated carbocycles. The fourth-order valence-electron chi connectivity index (χ4n) is 2.61. The number of pyridine rings is 1. The molecule has 0 radical (unpaired) electrons. The zero-order valence-electron chi connectivity index (χ0n) is 14.9. The minimum Gasteiger partial charge on any atom is -0.438 e. The van der Waals surface area contributed by atoms with Gasteiger partial charge < -0.3 is 15.2 Å². The number of hydrogen-bond acceptors (Lipinski definition) is 4. The molecule has 0 bridgehead atoms. The van der Waals surface area contributed by atoms with Crippen LogP contribution in [-0.4, -0.2) is 22.7 Å². The van der Waals surface area contributed by atoms with E-state index in [4.69, 9.17) is 16.3 Å². The summed E-state index contributed by atoms with van der Waals surface area (Å²) in [6, 6.07) is 5.75. The summed E-state index contributed by atoms with van der Waals surface area (Å²) in [5, 5.41) is 13.5. The van der Waals surface area contributed by atoms with Crippen LogP contribution in [0.2, 0.25) is 5.02 Å². The summed E-state index contributed by atoms with van der Waals surface area (Å²) >= 11 is 6.09. The molecular formula is C19H25ClN2O2. The highest BCUT2D eigenvalue weighted by atomic mass is 35.5. The Labute approximate surface area is 148 Å². The lowest BCUT2D eigenvalue weighted by atomic mass is 10.1. The largest absolute Gasteiger partial charge is 0.438 e. The number of aromatic nitrogens is 1. The molecule has 0 aliphatic rings. The summed E-state index contributed by atoms with van der Waals surface area (Å²) < 4.78 is 6.12. The Morgan fingerprint density at radius 1 is 1.17 bits per heavy atom. The second-order valence-corrected chi connectivity index (χ2v) is 6.58. The van der Waals surface area contributed by atoms with Gasteiger partial charge in [0.1, 0.15) is 5.75 Å². The molecule has 1 aromatic heterocycles. The minimum absolute atomic E-state index is 0.0114. The number of hydrogen-bond donors (Lipinski definition) is 2. The third-order valence-corrected chi connectivity index (χ3v) is 4.27. The highest BCUT2D eigenvalue weighted by molar-refractivity contribution is 6.30. The fourth-order valence-corrected chi connectivity index (χ4v) is 2.94. The van der Waals surface area contributed by atoms with E-state index < -0.39 is 0 Å². The molecule has 1 atom stereocenters. The average molecular weight is 349 g/mol. The van der Waals surface area contributed by atoms with Crippen molar-refractivity contribution in [2.24, 2.45) is 0 Å². The Hall–Kier alpha value is -1.78. The standard InChI is InChI=1S/C19H25ClN2O2/c1-6-16(10-23)22-17-9-13(4)21-19(14(17)5)24-18-11(2)7-15(20)8-12(18)3/h7-9,16,23H,6,10H2,1-5H3,(H,21,22)/t16-/m1/s1. The number of benzene rings is 1. The molecule has 0 amide bonds. The van der Waals surface area contributed by atoms with Gasteiger partial charge in [-0.05, 0) is 63.4 Å². The van der Waals surface area contributed by atoms with Crippen LogP contribution < -0.4 is 10.1 Å². The van der Waals surface area contributed by atoms with Gasteiger partial charge in [0.15, 0.2) is 0 Å². The van der Waals surface area contributed by atoms with Crippen LogP contribution >= 0.6 is 11.6 Å². The van der Waals surface area contributed by atoms with Crippen LogP contribution in [0.1, 0.15) is 35.7 Å². The van der Waals surface area contributed by atoms with Gasteiger partial charge in [-0.25, -0.2) is 4.98 Å². The van der Waals surface area contributed by atoms with Gasteiger partial charge in [0.25, 0.3) is 0 Å². The first kappa shape index (κ1) is 18.6. The van der Waals surface area contributed by atoms with Crippen LogP contribution in [0.25, 0.3) is 0 Å². The maximum absolute atomic E-state index is 9.43. The number of aliphatic hydroxyl groups is 1. The summed E-state index contributed by atoms with van der Waals surface area (Å²) in [4.78, 5) is 4.53. The predicted molar refractivity (Wildman–Crippen MR) is 99.5 cm³/mol.